The standard InChI is InChI=1S/C10H16N2O2/c1-10(2,3)6-12-7-11-5-8(12)4-9(13)14/h5,7H,4,6H2,1-3H3,(H,13,14). The van der Waals surface area contributed by atoms with Crippen molar-refractivity contribution in [2.45, 2.75) is 33.7 Å². The monoisotopic (exact) mass is 196 g/mol. The second-order valence-corrected chi connectivity index (χ2v) is 4.64. The minimum atomic E-state index is -0.819. The molecule has 1 rings (SSSR count). The van der Waals surface area contributed by atoms with Crippen LogP contribution in [0.25, 0.3) is 0 Å². The Hall–Kier alpha value is -1.32. The van der Waals surface area contributed by atoms with Crippen LogP contribution in [0.3, 0.4) is 0 Å². The maximum Gasteiger partial charge on any atom is 0.309 e. The Morgan fingerprint density at radius 1 is 1.57 bits per heavy atom. The van der Waals surface area contributed by atoms with Crippen molar-refractivity contribution >= 4 is 5.97 Å². The van der Waals surface area contributed by atoms with Gasteiger partial charge in [0.2, 0.25) is 0 Å². The summed E-state index contributed by atoms with van der Waals surface area (Å²) >= 11 is 0. The fourth-order valence-corrected chi connectivity index (χ4v) is 1.30. The van der Waals surface area contributed by atoms with Crippen LogP contribution in [0, 0.1) is 5.41 Å². The third-order valence-electron chi connectivity index (χ3n) is 1.78. The van der Waals surface area contributed by atoms with E-state index in [1.807, 2.05) is 4.57 Å². The first-order valence-electron chi connectivity index (χ1n) is 4.59. The van der Waals surface area contributed by atoms with E-state index in [1.54, 1.807) is 12.5 Å². The van der Waals surface area contributed by atoms with Gasteiger partial charge in [-0.05, 0) is 5.41 Å². The summed E-state index contributed by atoms with van der Waals surface area (Å²) in [5.41, 5.74) is 0.890. The van der Waals surface area contributed by atoms with Crippen LogP contribution in [0.4, 0.5) is 0 Å². The Balaban J connectivity index is 2.77. The van der Waals surface area contributed by atoms with E-state index in [0.29, 0.717) is 0 Å². The summed E-state index contributed by atoms with van der Waals surface area (Å²) in [7, 11) is 0. The van der Waals surface area contributed by atoms with Gasteiger partial charge in [-0.1, -0.05) is 20.8 Å². The van der Waals surface area contributed by atoms with E-state index in [4.69, 9.17) is 5.11 Å². The fraction of sp³-hybridized carbons (Fsp3) is 0.600. The molecule has 1 aromatic rings. The first-order chi connectivity index (χ1) is 6.38. The number of hydrogen-bond donors (Lipinski definition) is 1. The van der Waals surface area contributed by atoms with E-state index >= 15 is 0 Å². The van der Waals surface area contributed by atoms with Crippen LogP contribution in [0.5, 0.6) is 0 Å². The maximum absolute atomic E-state index is 10.5. The maximum atomic E-state index is 10.5. The van der Waals surface area contributed by atoms with Crippen molar-refractivity contribution in [2.24, 2.45) is 5.41 Å². The number of nitrogens with zero attached hydrogens (tertiary/aromatic N) is 2. The van der Waals surface area contributed by atoms with Gasteiger partial charge in [0.15, 0.2) is 0 Å². The molecule has 1 N–H and O–H groups in total. The van der Waals surface area contributed by atoms with Crippen LogP contribution >= 0.6 is 0 Å². The number of aliphatic carboxylic acids is 1. The highest BCUT2D eigenvalue weighted by molar-refractivity contribution is 5.69. The van der Waals surface area contributed by atoms with Crippen molar-refractivity contribution in [3.8, 4) is 0 Å². The number of carboxylic acids is 1. The smallest absolute Gasteiger partial charge is 0.309 e. The Morgan fingerprint density at radius 2 is 2.21 bits per heavy atom. The van der Waals surface area contributed by atoms with Crippen molar-refractivity contribution in [2.75, 3.05) is 0 Å². The first kappa shape index (κ1) is 10.8. The number of carboxylic acid groups (broad SMARTS) is 1. The number of carbonyl (C=O) groups is 1. The largest absolute Gasteiger partial charge is 0.481 e. The van der Waals surface area contributed by atoms with E-state index in [2.05, 4.69) is 25.8 Å². The molecule has 0 fully saturated rings. The van der Waals surface area contributed by atoms with Crippen molar-refractivity contribution in [1.82, 2.24) is 9.55 Å². The van der Waals surface area contributed by atoms with Crippen LogP contribution in [0.1, 0.15) is 26.5 Å². The van der Waals surface area contributed by atoms with E-state index in [9.17, 15) is 4.79 Å². The van der Waals surface area contributed by atoms with Crippen LogP contribution in [-0.4, -0.2) is 20.6 Å². The van der Waals surface area contributed by atoms with E-state index in [-0.39, 0.29) is 11.8 Å². The number of hydrogen-bond acceptors (Lipinski definition) is 2. The molecule has 0 saturated carbocycles. The van der Waals surface area contributed by atoms with Crippen molar-refractivity contribution < 1.29 is 9.90 Å². The molecule has 0 atom stereocenters. The predicted octanol–water partition coefficient (Wildman–Crippen LogP) is 1.56. The summed E-state index contributed by atoms with van der Waals surface area (Å²) in [5.74, 6) is -0.819. The summed E-state index contributed by atoms with van der Waals surface area (Å²) in [4.78, 5) is 14.5. The molecular formula is C10H16N2O2. The molecule has 1 heterocycles. The van der Waals surface area contributed by atoms with Gasteiger partial charge in [0.05, 0.1) is 12.7 Å². The average Bonchev–Trinajstić information content (AvgIpc) is 2.32. The lowest BCUT2D eigenvalue weighted by atomic mass is 9.97. The van der Waals surface area contributed by atoms with Gasteiger partial charge in [-0.25, -0.2) is 4.98 Å². The summed E-state index contributed by atoms with van der Waals surface area (Å²) in [5, 5.41) is 8.67. The summed E-state index contributed by atoms with van der Waals surface area (Å²) < 4.78 is 1.90. The fourth-order valence-electron chi connectivity index (χ4n) is 1.30. The van der Waals surface area contributed by atoms with Crippen molar-refractivity contribution in [1.29, 1.82) is 0 Å². The second kappa shape index (κ2) is 3.82. The molecule has 0 radical (unpaired) electrons. The molecule has 0 bridgehead atoms. The molecule has 14 heavy (non-hydrogen) atoms. The van der Waals surface area contributed by atoms with Gasteiger partial charge < -0.3 is 9.67 Å². The third-order valence-corrected chi connectivity index (χ3v) is 1.78. The zero-order valence-corrected chi connectivity index (χ0v) is 8.82. The van der Waals surface area contributed by atoms with Crippen LogP contribution in [-0.2, 0) is 17.8 Å². The molecule has 0 amide bonds. The molecular weight excluding hydrogens is 180 g/mol. The van der Waals surface area contributed by atoms with E-state index in [1.165, 1.54) is 0 Å². The van der Waals surface area contributed by atoms with Gasteiger partial charge in [-0.2, -0.15) is 0 Å². The SMILES string of the molecule is CC(C)(C)Cn1cncc1CC(=O)O. The second-order valence-electron chi connectivity index (χ2n) is 4.64. The molecule has 0 spiro atoms. The normalized spacial score (nSPS) is 11.6. The van der Waals surface area contributed by atoms with Crippen molar-refractivity contribution in [3.63, 3.8) is 0 Å². The summed E-state index contributed by atoms with van der Waals surface area (Å²) in [6.07, 6.45) is 3.33. The molecule has 0 saturated heterocycles. The van der Waals surface area contributed by atoms with E-state index in [0.717, 1.165) is 12.2 Å². The third kappa shape index (κ3) is 3.20. The molecule has 4 heteroatoms. The quantitative estimate of drug-likeness (QED) is 0.798. The summed E-state index contributed by atoms with van der Waals surface area (Å²) in [6, 6.07) is 0. The molecule has 0 aliphatic rings. The Kier molecular flexibility index (Phi) is 2.93. The lowest BCUT2D eigenvalue weighted by molar-refractivity contribution is -0.136. The minimum absolute atomic E-state index is 0.0378. The minimum Gasteiger partial charge on any atom is -0.481 e. The van der Waals surface area contributed by atoms with Gasteiger partial charge in [-0.15, -0.1) is 0 Å². The van der Waals surface area contributed by atoms with Crippen LogP contribution < -0.4 is 0 Å². The van der Waals surface area contributed by atoms with Gasteiger partial charge in [0.25, 0.3) is 0 Å². The molecule has 1 aromatic heterocycles. The molecule has 0 aromatic carbocycles. The van der Waals surface area contributed by atoms with Crippen LogP contribution in [0.2, 0.25) is 0 Å². The predicted molar refractivity (Wildman–Crippen MR) is 53.0 cm³/mol. The van der Waals surface area contributed by atoms with E-state index < -0.39 is 5.97 Å². The zero-order valence-electron chi connectivity index (χ0n) is 8.82. The van der Waals surface area contributed by atoms with Gasteiger partial charge in [0, 0.05) is 18.4 Å². The number of imidazole rings is 1. The highest BCUT2D eigenvalue weighted by atomic mass is 16.4. The summed E-state index contributed by atoms with van der Waals surface area (Å²) in [6.45, 7) is 7.11. The molecule has 0 unspecified atom stereocenters. The zero-order chi connectivity index (χ0) is 10.8. The Morgan fingerprint density at radius 3 is 2.71 bits per heavy atom. The lowest BCUT2D eigenvalue weighted by Gasteiger charge is -2.20. The van der Waals surface area contributed by atoms with Gasteiger partial charge >= 0.3 is 5.97 Å². The molecule has 0 aliphatic carbocycles. The number of rotatable bonds is 3. The Bertz CT molecular complexity index is 323. The van der Waals surface area contributed by atoms with Gasteiger partial charge in [-0.3, -0.25) is 4.79 Å². The molecule has 4 nitrogen and oxygen atoms in total. The number of aromatic nitrogens is 2. The topological polar surface area (TPSA) is 55.1 Å². The average molecular weight is 196 g/mol. The molecule has 78 valence electrons. The Labute approximate surface area is 83.6 Å². The lowest BCUT2D eigenvalue weighted by Crippen LogP contribution is -2.17. The molecule has 0 aliphatic heterocycles. The highest BCUT2D eigenvalue weighted by Crippen LogP contribution is 2.17. The van der Waals surface area contributed by atoms with Crippen LogP contribution in [0.15, 0.2) is 12.5 Å². The highest BCUT2D eigenvalue weighted by Gasteiger charge is 2.14. The van der Waals surface area contributed by atoms with Crippen molar-refractivity contribution in [3.05, 3.63) is 18.2 Å². The first-order valence-corrected chi connectivity index (χ1v) is 4.59. The van der Waals surface area contributed by atoms with Gasteiger partial charge in [0.1, 0.15) is 0 Å².